The molecule has 1 aromatic rings. The van der Waals surface area contributed by atoms with Crippen LogP contribution in [0.15, 0.2) is 11.0 Å². The highest BCUT2D eigenvalue weighted by Crippen LogP contribution is 1.93. The summed E-state index contributed by atoms with van der Waals surface area (Å²) in [4.78, 5) is 12.6. The third-order valence-corrected chi connectivity index (χ3v) is 0.871. The van der Waals surface area contributed by atoms with Crippen LogP contribution in [-0.4, -0.2) is 14.7 Å². The number of nitrogens with one attached hydrogen (secondary N) is 1. The largest absolute Gasteiger partial charge is 0.493 e. The number of hydrogen-bond donors (Lipinski definition) is 2. The number of aromatic hydroxyl groups is 1. The Morgan fingerprint density at radius 2 is 2.50 bits per heavy atom. The molecule has 0 aliphatic rings. The summed E-state index contributed by atoms with van der Waals surface area (Å²) in [5.41, 5.74) is -0.303. The first-order valence-electron chi connectivity index (χ1n) is 2.15. The summed E-state index contributed by atoms with van der Waals surface area (Å²) in [5, 5.41) is 8.56. The van der Waals surface area contributed by atoms with Gasteiger partial charge in [-0.1, -0.05) is 0 Å². The summed E-state index contributed by atoms with van der Waals surface area (Å²) in [6.45, 7) is 0. The first kappa shape index (κ1) is 4.96. The summed E-state index contributed by atoms with van der Waals surface area (Å²) in [6.07, 6.45) is 1.31. The first-order chi connectivity index (χ1) is 3.70. The molecule has 0 aliphatic carbocycles. The maximum Gasteiger partial charge on any atom is 0.328 e. The minimum atomic E-state index is -0.303. The van der Waals surface area contributed by atoms with Gasteiger partial charge in [0.2, 0.25) is 5.88 Å². The fraction of sp³-hybridized carbons (Fsp3) is 0.250. The molecule has 4 heteroatoms. The predicted octanol–water partition coefficient (Wildman–Crippen LogP) is -0.581. The Labute approximate surface area is 45.4 Å². The van der Waals surface area contributed by atoms with Gasteiger partial charge in [0, 0.05) is 7.05 Å². The summed E-state index contributed by atoms with van der Waals surface area (Å²) in [6, 6.07) is 0. The van der Waals surface area contributed by atoms with Crippen molar-refractivity contribution in [2.45, 2.75) is 0 Å². The van der Waals surface area contributed by atoms with Crippen LogP contribution in [0.25, 0.3) is 0 Å². The van der Waals surface area contributed by atoms with Crippen LogP contribution in [0, 0.1) is 0 Å². The van der Waals surface area contributed by atoms with E-state index >= 15 is 0 Å². The van der Waals surface area contributed by atoms with Gasteiger partial charge in [-0.25, -0.2) is 4.79 Å². The maximum absolute atomic E-state index is 10.4. The molecule has 1 aromatic heterocycles. The molecule has 0 aliphatic heterocycles. The Morgan fingerprint density at radius 1 is 1.88 bits per heavy atom. The van der Waals surface area contributed by atoms with Crippen molar-refractivity contribution in [3.63, 3.8) is 0 Å². The third kappa shape index (κ3) is 0.598. The van der Waals surface area contributed by atoms with Crippen LogP contribution in [0.3, 0.4) is 0 Å². The van der Waals surface area contributed by atoms with Gasteiger partial charge in [-0.05, 0) is 0 Å². The average Bonchev–Trinajstić information content (AvgIpc) is 1.85. The number of aromatic amines is 1. The van der Waals surface area contributed by atoms with Crippen molar-refractivity contribution < 1.29 is 5.11 Å². The second kappa shape index (κ2) is 1.40. The molecule has 1 rings (SSSR count). The topological polar surface area (TPSA) is 58.0 Å². The lowest BCUT2D eigenvalue weighted by molar-refractivity contribution is 0.455. The standard InChI is InChI=1S/C4H6N2O2/c1-6-2-3(7)5-4(6)8/h2,7H,1H3,(H,5,8). The van der Waals surface area contributed by atoms with E-state index in [2.05, 4.69) is 4.98 Å². The van der Waals surface area contributed by atoms with Crippen LogP contribution in [0.1, 0.15) is 0 Å². The number of nitrogens with zero attached hydrogens (tertiary/aromatic N) is 1. The maximum atomic E-state index is 10.4. The molecule has 0 unspecified atom stereocenters. The Bertz CT molecular complexity index is 234. The second-order valence-electron chi connectivity index (χ2n) is 1.56. The zero-order chi connectivity index (χ0) is 6.15. The predicted molar refractivity (Wildman–Crippen MR) is 27.7 cm³/mol. The van der Waals surface area contributed by atoms with E-state index in [4.69, 9.17) is 5.11 Å². The molecule has 8 heavy (non-hydrogen) atoms. The van der Waals surface area contributed by atoms with E-state index in [1.807, 2.05) is 0 Å². The van der Waals surface area contributed by atoms with Gasteiger partial charge in [-0.2, -0.15) is 0 Å². The Kier molecular flexibility index (Phi) is 0.865. The summed E-state index contributed by atoms with van der Waals surface area (Å²) >= 11 is 0. The van der Waals surface area contributed by atoms with Crippen LogP contribution >= 0.6 is 0 Å². The summed E-state index contributed by atoms with van der Waals surface area (Å²) < 4.78 is 1.26. The molecule has 4 nitrogen and oxygen atoms in total. The Balaban J connectivity index is 3.35. The molecule has 0 amide bonds. The lowest BCUT2D eigenvalue weighted by Crippen LogP contribution is -2.10. The molecule has 0 saturated heterocycles. The van der Waals surface area contributed by atoms with Crippen LogP contribution < -0.4 is 5.69 Å². The van der Waals surface area contributed by atoms with Gasteiger partial charge in [-0.3, -0.25) is 9.55 Å². The van der Waals surface area contributed by atoms with Crippen molar-refractivity contribution in [2.75, 3.05) is 0 Å². The van der Waals surface area contributed by atoms with Crippen LogP contribution in [-0.2, 0) is 7.05 Å². The van der Waals surface area contributed by atoms with Gasteiger partial charge in [0.1, 0.15) is 0 Å². The SMILES string of the molecule is Cn1cc(O)[nH]c1=O. The van der Waals surface area contributed by atoms with Crippen LogP contribution in [0.5, 0.6) is 5.88 Å². The number of imidazole rings is 1. The molecule has 0 bridgehead atoms. The van der Waals surface area contributed by atoms with Gasteiger partial charge in [0.05, 0.1) is 6.20 Å². The highest BCUT2D eigenvalue weighted by Gasteiger charge is 1.91. The molecule has 0 spiro atoms. The van der Waals surface area contributed by atoms with Gasteiger partial charge >= 0.3 is 5.69 Å². The third-order valence-electron chi connectivity index (χ3n) is 0.871. The van der Waals surface area contributed by atoms with Gasteiger partial charge in [-0.15, -0.1) is 0 Å². The van der Waals surface area contributed by atoms with E-state index in [0.29, 0.717) is 0 Å². The van der Waals surface area contributed by atoms with Crippen molar-refractivity contribution in [1.82, 2.24) is 9.55 Å². The molecular formula is C4H6N2O2. The average molecular weight is 114 g/mol. The van der Waals surface area contributed by atoms with E-state index in [1.165, 1.54) is 10.8 Å². The minimum Gasteiger partial charge on any atom is -0.493 e. The quantitative estimate of drug-likeness (QED) is 0.474. The van der Waals surface area contributed by atoms with Crippen LogP contribution in [0.4, 0.5) is 0 Å². The molecule has 2 N–H and O–H groups in total. The monoisotopic (exact) mass is 114 g/mol. The fourth-order valence-corrected chi connectivity index (χ4v) is 0.472. The Morgan fingerprint density at radius 3 is 2.62 bits per heavy atom. The zero-order valence-corrected chi connectivity index (χ0v) is 4.38. The molecule has 0 fully saturated rings. The fourth-order valence-electron chi connectivity index (χ4n) is 0.472. The van der Waals surface area contributed by atoms with Crippen molar-refractivity contribution >= 4 is 0 Å². The van der Waals surface area contributed by atoms with E-state index in [9.17, 15) is 4.79 Å². The van der Waals surface area contributed by atoms with E-state index in [0.717, 1.165) is 0 Å². The van der Waals surface area contributed by atoms with Crippen molar-refractivity contribution in [3.05, 3.63) is 16.7 Å². The first-order valence-corrected chi connectivity index (χ1v) is 2.15. The highest BCUT2D eigenvalue weighted by atomic mass is 16.3. The zero-order valence-electron chi connectivity index (χ0n) is 4.38. The molecule has 0 saturated carbocycles. The summed E-state index contributed by atoms with van der Waals surface area (Å²) in [7, 11) is 1.55. The molecule has 0 atom stereocenters. The highest BCUT2D eigenvalue weighted by molar-refractivity contribution is 4.99. The number of rotatable bonds is 0. The van der Waals surface area contributed by atoms with Crippen molar-refractivity contribution in [1.29, 1.82) is 0 Å². The van der Waals surface area contributed by atoms with Gasteiger partial charge < -0.3 is 5.11 Å². The number of H-pyrrole nitrogens is 1. The van der Waals surface area contributed by atoms with Gasteiger partial charge in [0.15, 0.2) is 0 Å². The molecule has 1 heterocycles. The molecule has 0 radical (unpaired) electrons. The molecule has 44 valence electrons. The number of hydrogen-bond acceptors (Lipinski definition) is 2. The molecular weight excluding hydrogens is 108 g/mol. The lowest BCUT2D eigenvalue weighted by Gasteiger charge is -1.76. The van der Waals surface area contributed by atoms with E-state index in [-0.39, 0.29) is 11.6 Å². The van der Waals surface area contributed by atoms with Crippen molar-refractivity contribution in [3.8, 4) is 5.88 Å². The number of aryl methyl sites for hydroxylation is 1. The Hall–Kier alpha value is -1.19. The van der Waals surface area contributed by atoms with E-state index < -0.39 is 0 Å². The lowest BCUT2D eigenvalue weighted by atomic mass is 10.8. The van der Waals surface area contributed by atoms with Crippen LogP contribution in [0.2, 0.25) is 0 Å². The van der Waals surface area contributed by atoms with Crippen molar-refractivity contribution in [2.24, 2.45) is 7.05 Å². The van der Waals surface area contributed by atoms with E-state index in [1.54, 1.807) is 7.05 Å². The van der Waals surface area contributed by atoms with Gasteiger partial charge in [0.25, 0.3) is 0 Å². The normalized spacial score (nSPS) is 9.62. The molecule has 0 aromatic carbocycles. The summed E-state index contributed by atoms with van der Waals surface area (Å²) in [5.74, 6) is -0.0995. The second-order valence-corrected chi connectivity index (χ2v) is 1.56. The minimum absolute atomic E-state index is 0.0995. The smallest absolute Gasteiger partial charge is 0.328 e. The number of aromatic nitrogens is 2.